The Bertz CT molecular complexity index is 531. The number of hydrogen-bond donors (Lipinski definition) is 0. The van der Waals surface area contributed by atoms with Gasteiger partial charge >= 0.3 is 0 Å². The molecule has 0 unspecified atom stereocenters. The minimum absolute atomic E-state index is 0.163. The van der Waals surface area contributed by atoms with Crippen LogP contribution in [0.5, 0.6) is 0 Å². The quantitative estimate of drug-likeness (QED) is 0.468. The average molecular weight is 306 g/mol. The maximum absolute atomic E-state index is 12.8. The molecule has 3 aliphatic heterocycles. The SMILES string of the molecule is C=CC[C@@H]1N(CCCOC)C(=O)[C@H]2[C@@H](C(=O)[O-])[C@H]3C=C[C@@]12O3. The molecule has 2 bridgehead atoms. The summed E-state index contributed by atoms with van der Waals surface area (Å²) in [6.07, 6.45) is 6.05. The number of carboxylic acid groups (broad SMARTS) is 1. The molecule has 0 aromatic rings. The molecule has 3 heterocycles. The van der Waals surface area contributed by atoms with E-state index in [-0.39, 0.29) is 11.9 Å². The highest BCUT2D eigenvalue weighted by Crippen LogP contribution is 2.55. The van der Waals surface area contributed by atoms with Crippen molar-refractivity contribution in [3.05, 3.63) is 24.8 Å². The van der Waals surface area contributed by atoms with Crippen molar-refractivity contribution in [2.45, 2.75) is 30.6 Å². The standard InChI is InChI=1S/C16H21NO5/c1-3-5-11-16-7-6-10(22-16)12(15(19)20)13(16)14(18)17(11)8-4-9-21-2/h3,6-7,10-13H,1,4-5,8-9H2,2H3,(H,19,20)/p-1/t10-,11+,12+,13-,16-/m1/s1. The van der Waals surface area contributed by atoms with Crippen LogP contribution in [0, 0.1) is 11.8 Å². The number of carbonyl (C=O) groups excluding carboxylic acids is 2. The summed E-state index contributed by atoms with van der Waals surface area (Å²) >= 11 is 0. The van der Waals surface area contributed by atoms with Gasteiger partial charge in [-0.3, -0.25) is 4.79 Å². The van der Waals surface area contributed by atoms with Crippen LogP contribution in [0.3, 0.4) is 0 Å². The molecular weight excluding hydrogens is 286 g/mol. The largest absolute Gasteiger partial charge is 0.550 e. The van der Waals surface area contributed by atoms with Crippen molar-refractivity contribution in [1.29, 1.82) is 0 Å². The third-order valence-electron chi connectivity index (χ3n) is 4.94. The summed E-state index contributed by atoms with van der Waals surface area (Å²) in [6.45, 7) is 4.82. The number of amides is 1. The van der Waals surface area contributed by atoms with Crippen molar-refractivity contribution in [3.8, 4) is 0 Å². The van der Waals surface area contributed by atoms with Gasteiger partial charge in [0.2, 0.25) is 5.91 Å². The summed E-state index contributed by atoms with van der Waals surface area (Å²) in [5.41, 5.74) is -0.853. The Kier molecular flexibility index (Phi) is 3.82. The monoisotopic (exact) mass is 306 g/mol. The molecule has 1 spiro atoms. The number of hydrogen-bond acceptors (Lipinski definition) is 5. The number of likely N-dealkylation sites (tertiary alicyclic amines) is 1. The predicted molar refractivity (Wildman–Crippen MR) is 75.5 cm³/mol. The third-order valence-corrected chi connectivity index (χ3v) is 4.94. The summed E-state index contributed by atoms with van der Waals surface area (Å²) in [5, 5.41) is 11.5. The summed E-state index contributed by atoms with van der Waals surface area (Å²) in [7, 11) is 1.61. The second-order valence-electron chi connectivity index (χ2n) is 6.04. The van der Waals surface area contributed by atoms with Crippen LogP contribution < -0.4 is 5.11 Å². The fraction of sp³-hybridized carbons (Fsp3) is 0.625. The van der Waals surface area contributed by atoms with Gasteiger partial charge in [0.15, 0.2) is 0 Å². The number of fused-ring (bicyclic) bond motifs is 1. The van der Waals surface area contributed by atoms with Gasteiger partial charge in [0.25, 0.3) is 0 Å². The normalized spacial score (nSPS) is 38.6. The number of ether oxygens (including phenoxy) is 2. The lowest BCUT2D eigenvalue weighted by molar-refractivity contribution is -0.313. The maximum atomic E-state index is 12.8. The second kappa shape index (κ2) is 5.52. The van der Waals surface area contributed by atoms with E-state index in [0.29, 0.717) is 26.0 Å². The van der Waals surface area contributed by atoms with E-state index in [2.05, 4.69) is 6.58 Å². The molecule has 2 fully saturated rings. The van der Waals surface area contributed by atoms with Gasteiger partial charge < -0.3 is 24.3 Å². The van der Waals surface area contributed by atoms with E-state index in [1.165, 1.54) is 0 Å². The van der Waals surface area contributed by atoms with Crippen LogP contribution in [0.25, 0.3) is 0 Å². The molecule has 0 aromatic heterocycles. The molecule has 0 aromatic carbocycles. The lowest BCUT2D eigenvalue weighted by atomic mass is 9.74. The molecule has 120 valence electrons. The minimum Gasteiger partial charge on any atom is -0.550 e. The number of carbonyl (C=O) groups is 2. The molecule has 0 saturated carbocycles. The summed E-state index contributed by atoms with van der Waals surface area (Å²) in [4.78, 5) is 26.0. The van der Waals surface area contributed by atoms with E-state index in [0.717, 1.165) is 0 Å². The van der Waals surface area contributed by atoms with Gasteiger partial charge in [-0.25, -0.2) is 0 Å². The number of nitrogens with zero attached hydrogens (tertiary/aromatic N) is 1. The predicted octanol–water partition coefficient (Wildman–Crippen LogP) is -0.500. The number of carboxylic acids is 1. The zero-order valence-corrected chi connectivity index (χ0v) is 12.6. The fourth-order valence-corrected chi connectivity index (χ4v) is 4.10. The highest BCUT2D eigenvalue weighted by atomic mass is 16.5. The molecule has 0 N–H and O–H groups in total. The molecule has 6 nitrogen and oxygen atoms in total. The zero-order chi connectivity index (χ0) is 15.9. The van der Waals surface area contributed by atoms with E-state index in [9.17, 15) is 14.7 Å². The summed E-state index contributed by atoms with van der Waals surface area (Å²) in [6, 6.07) is -0.218. The Morgan fingerprint density at radius 1 is 1.64 bits per heavy atom. The van der Waals surface area contributed by atoms with Gasteiger partial charge in [-0.1, -0.05) is 18.2 Å². The fourth-order valence-electron chi connectivity index (χ4n) is 4.10. The molecule has 1 amide bonds. The van der Waals surface area contributed by atoms with Gasteiger partial charge in [0, 0.05) is 32.1 Å². The van der Waals surface area contributed by atoms with Crippen LogP contribution >= 0.6 is 0 Å². The van der Waals surface area contributed by atoms with Crippen molar-refractivity contribution < 1.29 is 24.2 Å². The zero-order valence-electron chi connectivity index (χ0n) is 12.6. The number of aliphatic carboxylic acids is 1. The third kappa shape index (κ3) is 1.94. The summed E-state index contributed by atoms with van der Waals surface area (Å²) < 4.78 is 11.0. The Morgan fingerprint density at radius 3 is 3.05 bits per heavy atom. The van der Waals surface area contributed by atoms with E-state index in [1.807, 2.05) is 6.08 Å². The van der Waals surface area contributed by atoms with E-state index >= 15 is 0 Å². The second-order valence-corrected chi connectivity index (χ2v) is 6.04. The molecule has 2 saturated heterocycles. The highest BCUT2D eigenvalue weighted by Gasteiger charge is 2.69. The number of rotatable bonds is 7. The molecular formula is C16H20NO5-. The first-order valence-corrected chi connectivity index (χ1v) is 7.55. The Morgan fingerprint density at radius 2 is 2.41 bits per heavy atom. The van der Waals surface area contributed by atoms with Crippen LogP contribution in [0.15, 0.2) is 24.8 Å². The molecule has 3 rings (SSSR count). The van der Waals surface area contributed by atoms with Gasteiger partial charge in [-0.05, 0) is 12.8 Å². The maximum Gasteiger partial charge on any atom is 0.230 e. The Labute approximate surface area is 129 Å². The molecule has 6 heteroatoms. The van der Waals surface area contributed by atoms with Crippen molar-refractivity contribution in [2.75, 3.05) is 20.3 Å². The lowest BCUT2D eigenvalue weighted by Crippen LogP contribution is -2.46. The molecule has 5 atom stereocenters. The number of methoxy groups -OCH3 is 1. The average Bonchev–Trinajstić information content (AvgIpc) is 3.11. The Hall–Kier alpha value is -1.66. The van der Waals surface area contributed by atoms with Gasteiger partial charge in [0.1, 0.15) is 5.60 Å². The molecule has 0 radical (unpaired) electrons. The lowest BCUT2D eigenvalue weighted by Gasteiger charge is -2.32. The van der Waals surface area contributed by atoms with Crippen LogP contribution in [0.4, 0.5) is 0 Å². The van der Waals surface area contributed by atoms with Crippen LogP contribution in [-0.2, 0) is 19.1 Å². The van der Waals surface area contributed by atoms with Gasteiger partial charge in [-0.2, -0.15) is 0 Å². The summed E-state index contributed by atoms with van der Waals surface area (Å²) in [5.74, 6) is -2.98. The van der Waals surface area contributed by atoms with Crippen LogP contribution in [0.1, 0.15) is 12.8 Å². The van der Waals surface area contributed by atoms with Crippen molar-refractivity contribution in [3.63, 3.8) is 0 Å². The molecule has 3 aliphatic rings. The minimum atomic E-state index is -1.22. The van der Waals surface area contributed by atoms with Gasteiger partial charge in [-0.15, -0.1) is 6.58 Å². The van der Waals surface area contributed by atoms with Crippen molar-refractivity contribution in [1.82, 2.24) is 4.90 Å². The van der Waals surface area contributed by atoms with Crippen LogP contribution in [0.2, 0.25) is 0 Å². The van der Waals surface area contributed by atoms with E-state index in [4.69, 9.17) is 9.47 Å². The molecule has 22 heavy (non-hydrogen) atoms. The van der Waals surface area contributed by atoms with Crippen molar-refractivity contribution in [2.24, 2.45) is 11.8 Å². The van der Waals surface area contributed by atoms with E-state index in [1.54, 1.807) is 24.2 Å². The van der Waals surface area contributed by atoms with E-state index < -0.39 is 29.5 Å². The highest BCUT2D eigenvalue weighted by molar-refractivity contribution is 5.91. The van der Waals surface area contributed by atoms with Gasteiger partial charge in [0.05, 0.1) is 18.1 Å². The first-order valence-electron chi connectivity index (χ1n) is 7.55. The first kappa shape index (κ1) is 15.2. The van der Waals surface area contributed by atoms with Crippen LogP contribution in [-0.4, -0.2) is 54.8 Å². The first-order chi connectivity index (χ1) is 10.6. The smallest absolute Gasteiger partial charge is 0.230 e. The molecule has 0 aliphatic carbocycles. The van der Waals surface area contributed by atoms with Crippen molar-refractivity contribution >= 4 is 11.9 Å². The topological polar surface area (TPSA) is 78.9 Å². The Balaban J connectivity index is 1.92.